The van der Waals surface area contributed by atoms with Gasteiger partial charge in [-0.25, -0.2) is 4.39 Å². The van der Waals surface area contributed by atoms with Crippen LogP contribution < -0.4 is 15.2 Å². The molecule has 2 aromatic rings. The first-order valence-electron chi connectivity index (χ1n) is 6.21. The number of halogens is 1. The molecule has 2 rings (SSSR count). The average molecular weight is 279 g/mol. The summed E-state index contributed by atoms with van der Waals surface area (Å²) in [6.45, 7) is 3.63. The van der Waals surface area contributed by atoms with Gasteiger partial charge in [0, 0.05) is 17.2 Å². The predicted octanol–water partition coefficient (Wildman–Crippen LogP) is 3.10. The third-order valence-corrected chi connectivity index (χ3v) is 3.25. The Hall–Kier alpha value is -2.01. The van der Waals surface area contributed by atoms with Crippen molar-refractivity contribution in [1.29, 1.82) is 0 Å². The Balaban J connectivity index is 2.49. The van der Waals surface area contributed by atoms with Gasteiger partial charge in [-0.15, -0.1) is 0 Å². The summed E-state index contributed by atoms with van der Waals surface area (Å²) in [5.74, 6) is 1.77. The van der Waals surface area contributed by atoms with E-state index in [1.165, 1.54) is 20.3 Å². The Morgan fingerprint density at radius 1 is 1.05 bits per heavy atom. The first kappa shape index (κ1) is 14.4. The average Bonchev–Trinajstić information content (AvgIpc) is 2.76. The van der Waals surface area contributed by atoms with Crippen molar-refractivity contribution < 1.29 is 18.3 Å². The zero-order valence-electron chi connectivity index (χ0n) is 12.0. The zero-order valence-corrected chi connectivity index (χ0v) is 12.0. The fourth-order valence-corrected chi connectivity index (χ4v) is 2.24. The minimum absolute atomic E-state index is 0.334. The van der Waals surface area contributed by atoms with E-state index >= 15 is 0 Å². The second kappa shape index (κ2) is 5.54. The number of furan rings is 1. The van der Waals surface area contributed by atoms with Gasteiger partial charge in [0.05, 0.1) is 20.3 Å². The Morgan fingerprint density at radius 3 is 2.15 bits per heavy atom. The van der Waals surface area contributed by atoms with Crippen LogP contribution in [0.2, 0.25) is 0 Å². The number of hydrogen-bond donors (Lipinski definition) is 1. The van der Waals surface area contributed by atoms with Crippen LogP contribution in [0.15, 0.2) is 22.6 Å². The highest BCUT2D eigenvalue weighted by Gasteiger charge is 2.21. The van der Waals surface area contributed by atoms with Crippen LogP contribution in [0.25, 0.3) is 0 Å². The van der Waals surface area contributed by atoms with E-state index in [0.29, 0.717) is 22.8 Å². The van der Waals surface area contributed by atoms with Gasteiger partial charge in [-0.1, -0.05) is 0 Å². The highest BCUT2D eigenvalue weighted by Crippen LogP contribution is 2.34. The molecule has 0 spiro atoms. The zero-order chi connectivity index (χ0) is 14.9. The van der Waals surface area contributed by atoms with E-state index in [1.54, 1.807) is 13.0 Å². The maximum absolute atomic E-state index is 14.2. The summed E-state index contributed by atoms with van der Waals surface area (Å²) in [5, 5.41) is 0. The second-order valence-corrected chi connectivity index (χ2v) is 4.57. The van der Waals surface area contributed by atoms with Crippen LogP contribution in [0, 0.1) is 19.7 Å². The van der Waals surface area contributed by atoms with E-state index in [4.69, 9.17) is 19.6 Å². The summed E-state index contributed by atoms with van der Waals surface area (Å²) in [6, 6.07) is 4.03. The molecule has 5 heteroatoms. The van der Waals surface area contributed by atoms with Crippen molar-refractivity contribution in [2.24, 2.45) is 5.73 Å². The molecule has 108 valence electrons. The lowest BCUT2D eigenvalue weighted by Gasteiger charge is -2.15. The Kier molecular flexibility index (Phi) is 3.99. The Morgan fingerprint density at radius 2 is 1.65 bits per heavy atom. The van der Waals surface area contributed by atoms with E-state index < -0.39 is 11.9 Å². The minimum Gasteiger partial charge on any atom is -0.493 e. The molecule has 1 atom stereocenters. The standard InChI is InChI=1S/C15H18FNO3/c1-8-5-10(9(2)20-8)15(17)11-6-13(18-3)14(19-4)7-12(11)16/h5-7,15H,17H2,1-4H3. The Bertz CT molecular complexity index is 622. The second-order valence-electron chi connectivity index (χ2n) is 4.57. The van der Waals surface area contributed by atoms with Crippen LogP contribution in [0.4, 0.5) is 4.39 Å². The van der Waals surface area contributed by atoms with Gasteiger partial charge in [-0.2, -0.15) is 0 Å². The highest BCUT2D eigenvalue weighted by molar-refractivity contribution is 5.47. The molecule has 0 bridgehead atoms. The first-order valence-corrected chi connectivity index (χ1v) is 6.21. The van der Waals surface area contributed by atoms with Gasteiger partial charge in [0.15, 0.2) is 11.5 Å². The van der Waals surface area contributed by atoms with Crippen LogP contribution >= 0.6 is 0 Å². The molecule has 1 heterocycles. The number of nitrogens with two attached hydrogens (primary N) is 1. The summed E-state index contributed by atoms with van der Waals surface area (Å²) >= 11 is 0. The number of aryl methyl sites for hydroxylation is 2. The number of rotatable bonds is 4. The van der Waals surface area contributed by atoms with Gasteiger partial charge in [-0.3, -0.25) is 0 Å². The third-order valence-electron chi connectivity index (χ3n) is 3.25. The van der Waals surface area contributed by atoms with Gasteiger partial charge in [0.25, 0.3) is 0 Å². The monoisotopic (exact) mass is 279 g/mol. The van der Waals surface area contributed by atoms with Gasteiger partial charge < -0.3 is 19.6 Å². The fraction of sp³-hybridized carbons (Fsp3) is 0.333. The normalized spacial score (nSPS) is 12.3. The van der Waals surface area contributed by atoms with Gasteiger partial charge in [-0.05, 0) is 26.0 Å². The fourth-order valence-electron chi connectivity index (χ4n) is 2.24. The molecule has 0 radical (unpaired) electrons. The van der Waals surface area contributed by atoms with Gasteiger partial charge in [0.2, 0.25) is 0 Å². The van der Waals surface area contributed by atoms with Crippen molar-refractivity contribution >= 4 is 0 Å². The summed E-state index contributed by atoms with van der Waals surface area (Å²) in [6.07, 6.45) is 0. The number of ether oxygens (including phenoxy) is 2. The molecule has 1 aromatic heterocycles. The molecule has 0 fully saturated rings. The summed E-state index contributed by atoms with van der Waals surface area (Å²) < 4.78 is 29.9. The SMILES string of the molecule is COc1cc(F)c(C(N)c2cc(C)oc2C)cc1OC. The number of benzene rings is 1. The van der Waals surface area contributed by atoms with Crippen LogP contribution in [-0.4, -0.2) is 14.2 Å². The van der Waals surface area contributed by atoms with Crippen molar-refractivity contribution in [3.63, 3.8) is 0 Å². The summed E-state index contributed by atoms with van der Waals surface area (Å²) in [7, 11) is 2.96. The van der Waals surface area contributed by atoms with E-state index in [-0.39, 0.29) is 0 Å². The van der Waals surface area contributed by atoms with E-state index in [1.807, 2.05) is 13.0 Å². The highest BCUT2D eigenvalue weighted by atomic mass is 19.1. The lowest BCUT2D eigenvalue weighted by atomic mass is 9.99. The van der Waals surface area contributed by atoms with Crippen molar-refractivity contribution in [2.45, 2.75) is 19.9 Å². The van der Waals surface area contributed by atoms with Crippen molar-refractivity contribution in [3.8, 4) is 11.5 Å². The molecule has 20 heavy (non-hydrogen) atoms. The molecule has 0 aliphatic carbocycles. The molecule has 0 saturated heterocycles. The predicted molar refractivity (Wildman–Crippen MR) is 73.7 cm³/mol. The molecule has 1 aromatic carbocycles. The smallest absolute Gasteiger partial charge is 0.163 e. The molecular formula is C15H18FNO3. The Labute approximate surface area is 117 Å². The van der Waals surface area contributed by atoms with Gasteiger partial charge in [0.1, 0.15) is 17.3 Å². The van der Waals surface area contributed by atoms with Crippen LogP contribution in [-0.2, 0) is 0 Å². The lowest BCUT2D eigenvalue weighted by molar-refractivity contribution is 0.351. The van der Waals surface area contributed by atoms with Crippen LogP contribution in [0.1, 0.15) is 28.7 Å². The topological polar surface area (TPSA) is 57.6 Å². The molecule has 0 aliphatic heterocycles. The van der Waals surface area contributed by atoms with Crippen molar-refractivity contribution in [2.75, 3.05) is 14.2 Å². The summed E-state index contributed by atoms with van der Waals surface area (Å²) in [4.78, 5) is 0. The van der Waals surface area contributed by atoms with Crippen LogP contribution in [0.3, 0.4) is 0 Å². The van der Waals surface area contributed by atoms with E-state index in [9.17, 15) is 4.39 Å². The molecule has 4 nitrogen and oxygen atoms in total. The maximum Gasteiger partial charge on any atom is 0.163 e. The quantitative estimate of drug-likeness (QED) is 0.934. The first-order chi connectivity index (χ1) is 9.47. The van der Waals surface area contributed by atoms with Crippen molar-refractivity contribution in [3.05, 3.63) is 46.7 Å². The number of hydrogen-bond acceptors (Lipinski definition) is 4. The molecule has 1 unspecified atom stereocenters. The molecule has 0 amide bonds. The third kappa shape index (κ3) is 2.49. The summed E-state index contributed by atoms with van der Waals surface area (Å²) in [5.41, 5.74) is 7.25. The molecular weight excluding hydrogens is 261 g/mol. The van der Waals surface area contributed by atoms with Crippen molar-refractivity contribution in [1.82, 2.24) is 0 Å². The molecule has 0 aliphatic rings. The van der Waals surface area contributed by atoms with E-state index in [0.717, 1.165) is 11.3 Å². The number of methoxy groups -OCH3 is 2. The largest absolute Gasteiger partial charge is 0.493 e. The van der Waals surface area contributed by atoms with Crippen LogP contribution in [0.5, 0.6) is 11.5 Å². The molecule has 2 N–H and O–H groups in total. The maximum atomic E-state index is 14.2. The van der Waals surface area contributed by atoms with Gasteiger partial charge >= 0.3 is 0 Å². The lowest BCUT2D eigenvalue weighted by Crippen LogP contribution is -2.14. The molecule has 0 saturated carbocycles. The minimum atomic E-state index is -0.618. The van der Waals surface area contributed by atoms with E-state index in [2.05, 4.69) is 0 Å².